The number of ether oxygens (including phenoxy) is 1. The van der Waals surface area contributed by atoms with Crippen LogP contribution >= 0.6 is 0 Å². The van der Waals surface area contributed by atoms with Gasteiger partial charge in [0, 0.05) is 12.8 Å². The van der Waals surface area contributed by atoms with Crippen molar-refractivity contribution >= 4 is 11.7 Å². The molecule has 94 valence electrons. The Kier molecular flexibility index (Phi) is 4.52. The zero-order valence-electron chi connectivity index (χ0n) is 10.5. The Labute approximate surface area is 102 Å². The third-order valence-electron chi connectivity index (χ3n) is 2.81. The molecule has 17 heavy (non-hydrogen) atoms. The molecule has 4 nitrogen and oxygen atoms in total. The lowest BCUT2D eigenvalue weighted by Crippen LogP contribution is -2.49. The first kappa shape index (κ1) is 13.5. The Morgan fingerprint density at radius 1 is 1.53 bits per heavy atom. The van der Waals surface area contributed by atoms with E-state index in [-0.39, 0.29) is 6.61 Å². The highest BCUT2D eigenvalue weighted by Crippen LogP contribution is 2.20. The summed E-state index contributed by atoms with van der Waals surface area (Å²) in [5.41, 5.74) is 0.817. The van der Waals surface area contributed by atoms with E-state index < -0.39 is 11.5 Å². The number of hydrogen-bond donors (Lipinski definition) is 2. The third kappa shape index (κ3) is 3.20. The molecule has 2 N–H and O–H groups in total. The van der Waals surface area contributed by atoms with Crippen molar-refractivity contribution in [2.45, 2.75) is 25.8 Å². The number of hydrogen-bond acceptors (Lipinski definition) is 3. The number of carboxylic acids is 1. The molecule has 0 radical (unpaired) electrons. The van der Waals surface area contributed by atoms with Crippen molar-refractivity contribution in [3.05, 3.63) is 29.8 Å². The van der Waals surface area contributed by atoms with E-state index in [0.717, 1.165) is 11.3 Å². The number of aliphatic carboxylic acids is 1. The van der Waals surface area contributed by atoms with Gasteiger partial charge in [-0.3, -0.25) is 0 Å². The largest absolute Gasteiger partial charge is 0.479 e. The van der Waals surface area contributed by atoms with Gasteiger partial charge in [-0.05, 0) is 31.0 Å². The molecule has 0 aliphatic rings. The number of benzene rings is 1. The Morgan fingerprint density at radius 2 is 2.24 bits per heavy atom. The zero-order valence-corrected chi connectivity index (χ0v) is 10.5. The zero-order chi connectivity index (χ0) is 12.9. The molecule has 0 amide bonds. The highest BCUT2D eigenvalue weighted by Gasteiger charge is 2.36. The van der Waals surface area contributed by atoms with Gasteiger partial charge in [0.15, 0.2) is 5.54 Å². The van der Waals surface area contributed by atoms with Crippen LogP contribution in [-0.4, -0.2) is 30.3 Å². The summed E-state index contributed by atoms with van der Waals surface area (Å²) in [6.45, 7) is 3.93. The van der Waals surface area contributed by atoms with E-state index in [0.29, 0.717) is 6.42 Å². The lowest BCUT2D eigenvalue weighted by atomic mass is 9.96. The maximum atomic E-state index is 11.4. The predicted molar refractivity (Wildman–Crippen MR) is 67.3 cm³/mol. The lowest BCUT2D eigenvalue weighted by molar-refractivity contribution is -0.144. The van der Waals surface area contributed by atoms with E-state index >= 15 is 0 Å². The molecule has 1 aromatic carbocycles. The fourth-order valence-corrected chi connectivity index (χ4v) is 1.74. The molecule has 0 aromatic heterocycles. The molecule has 0 heterocycles. The van der Waals surface area contributed by atoms with Crippen molar-refractivity contribution in [1.29, 1.82) is 0 Å². The van der Waals surface area contributed by atoms with Crippen LogP contribution < -0.4 is 5.32 Å². The Hall–Kier alpha value is -1.55. The van der Waals surface area contributed by atoms with E-state index in [9.17, 15) is 9.90 Å². The number of methoxy groups -OCH3 is 1. The van der Waals surface area contributed by atoms with Gasteiger partial charge in [-0.15, -0.1) is 0 Å². The van der Waals surface area contributed by atoms with E-state index in [1.54, 1.807) is 0 Å². The van der Waals surface area contributed by atoms with Crippen LogP contribution in [0.15, 0.2) is 24.3 Å². The number of carbonyl (C=O) groups is 1. The number of aryl methyl sites for hydroxylation is 1. The summed E-state index contributed by atoms with van der Waals surface area (Å²) in [7, 11) is 1.51. The second-order valence-corrected chi connectivity index (χ2v) is 4.17. The summed E-state index contributed by atoms with van der Waals surface area (Å²) in [5, 5.41) is 12.4. The summed E-state index contributed by atoms with van der Waals surface area (Å²) >= 11 is 0. The van der Waals surface area contributed by atoms with Crippen molar-refractivity contribution in [1.82, 2.24) is 0 Å². The molecule has 0 bridgehead atoms. The van der Waals surface area contributed by atoms with Crippen LogP contribution in [-0.2, 0) is 9.53 Å². The predicted octanol–water partition coefficient (Wildman–Crippen LogP) is 2.29. The van der Waals surface area contributed by atoms with Crippen molar-refractivity contribution in [2.24, 2.45) is 0 Å². The number of rotatable bonds is 6. The molecule has 0 aliphatic carbocycles. The van der Waals surface area contributed by atoms with Gasteiger partial charge in [-0.2, -0.15) is 0 Å². The van der Waals surface area contributed by atoms with Crippen molar-refractivity contribution in [3.8, 4) is 0 Å². The fraction of sp³-hybridized carbons (Fsp3) is 0.462. The normalized spacial score (nSPS) is 14.1. The fourth-order valence-electron chi connectivity index (χ4n) is 1.74. The maximum absolute atomic E-state index is 11.4. The molecular formula is C13H19NO3. The lowest BCUT2D eigenvalue weighted by Gasteiger charge is -2.29. The monoisotopic (exact) mass is 237 g/mol. The second kappa shape index (κ2) is 5.68. The number of anilines is 1. The van der Waals surface area contributed by atoms with Gasteiger partial charge in [0.25, 0.3) is 0 Å². The molecule has 0 saturated heterocycles. The van der Waals surface area contributed by atoms with Gasteiger partial charge in [0.05, 0.1) is 6.61 Å². The van der Waals surface area contributed by atoms with Crippen molar-refractivity contribution < 1.29 is 14.6 Å². The van der Waals surface area contributed by atoms with Crippen molar-refractivity contribution in [2.75, 3.05) is 19.0 Å². The van der Waals surface area contributed by atoms with Gasteiger partial charge < -0.3 is 15.2 Å². The van der Waals surface area contributed by atoms with Gasteiger partial charge in [-0.25, -0.2) is 4.79 Å². The van der Waals surface area contributed by atoms with Gasteiger partial charge in [0.2, 0.25) is 0 Å². The SMILES string of the molecule is CCC(COC)(Nc1cccc(C)c1)C(=O)O. The first-order valence-electron chi connectivity index (χ1n) is 5.61. The summed E-state index contributed by atoms with van der Waals surface area (Å²) in [5.74, 6) is -0.900. The minimum absolute atomic E-state index is 0.132. The molecule has 0 spiro atoms. The standard InChI is InChI=1S/C13H19NO3/c1-4-13(9-17-3,12(15)16)14-11-7-5-6-10(2)8-11/h5-8,14H,4,9H2,1-3H3,(H,15,16). The number of nitrogens with one attached hydrogen (secondary N) is 1. The molecule has 1 atom stereocenters. The summed E-state index contributed by atoms with van der Waals surface area (Å²) in [6, 6.07) is 7.64. The summed E-state index contributed by atoms with van der Waals surface area (Å²) < 4.78 is 5.02. The number of carboxylic acid groups (broad SMARTS) is 1. The first-order valence-corrected chi connectivity index (χ1v) is 5.61. The molecule has 1 rings (SSSR count). The van der Waals surface area contributed by atoms with Gasteiger partial charge >= 0.3 is 5.97 Å². The van der Waals surface area contributed by atoms with Crippen LogP contribution in [0, 0.1) is 6.92 Å². The van der Waals surface area contributed by atoms with Gasteiger partial charge in [0.1, 0.15) is 0 Å². The highest BCUT2D eigenvalue weighted by atomic mass is 16.5. The average molecular weight is 237 g/mol. The van der Waals surface area contributed by atoms with Crippen LogP contribution in [0.4, 0.5) is 5.69 Å². The second-order valence-electron chi connectivity index (χ2n) is 4.17. The Morgan fingerprint density at radius 3 is 2.71 bits per heavy atom. The Balaban J connectivity index is 2.96. The van der Waals surface area contributed by atoms with E-state index in [1.807, 2.05) is 38.1 Å². The van der Waals surface area contributed by atoms with Gasteiger partial charge in [-0.1, -0.05) is 19.1 Å². The molecule has 0 aliphatic heterocycles. The van der Waals surface area contributed by atoms with E-state index in [1.165, 1.54) is 7.11 Å². The highest BCUT2D eigenvalue weighted by molar-refractivity contribution is 5.83. The Bertz CT molecular complexity index is 392. The maximum Gasteiger partial charge on any atom is 0.331 e. The molecule has 0 saturated carbocycles. The van der Waals surface area contributed by atoms with Crippen LogP contribution in [0.3, 0.4) is 0 Å². The van der Waals surface area contributed by atoms with Crippen LogP contribution in [0.5, 0.6) is 0 Å². The minimum atomic E-state index is -1.07. The van der Waals surface area contributed by atoms with Crippen LogP contribution in [0.1, 0.15) is 18.9 Å². The molecule has 1 aromatic rings. The third-order valence-corrected chi connectivity index (χ3v) is 2.81. The molecule has 4 heteroatoms. The average Bonchev–Trinajstić information content (AvgIpc) is 2.28. The molecular weight excluding hydrogens is 218 g/mol. The minimum Gasteiger partial charge on any atom is -0.479 e. The molecule has 0 fully saturated rings. The van der Waals surface area contributed by atoms with Crippen LogP contribution in [0.2, 0.25) is 0 Å². The molecule has 1 unspecified atom stereocenters. The first-order chi connectivity index (χ1) is 8.04. The quantitative estimate of drug-likeness (QED) is 0.797. The smallest absolute Gasteiger partial charge is 0.331 e. The topological polar surface area (TPSA) is 58.6 Å². The van der Waals surface area contributed by atoms with Crippen LogP contribution in [0.25, 0.3) is 0 Å². The van der Waals surface area contributed by atoms with Crippen molar-refractivity contribution in [3.63, 3.8) is 0 Å². The summed E-state index contributed by atoms with van der Waals surface area (Å²) in [6.07, 6.45) is 0.449. The summed E-state index contributed by atoms with van der Waals surface area (Å²) in [4.78, 5) is 11.4. The van der Waals surface area contributed by atoms with E-state index in [4.69, 9.17) is 4.74 Å². The van der Waals surface area contributed by atoms with E-state index in [2.05, 4.69) is 5.32 Å².